The fraction of sp³-hybridized carbons (Fsp3) is 0.714. The summed E-state index contributed by atoms with van der Waals surface area (Å²) in [6.07, 6.45) is 2.81. The van der Waals surface area contributed by atoms with Crippen LogP contribution in [0.3, 0.4) is 0 Å². The Bertz CT molecular complexity index is 430. The van der Waals surface area contributed by atoms with Crippen molar-refractivity contribution in [3.05, 3.63) is 11.1 Å². The van der Waals surface area contributed by atoms with Crippen molar-refractivity contribution in [2.75, 3.05) is 18.4 Å². The molecule has 2 rings (SSSR count). The Morgan fingerprint density at radius 1 is 1.47 bits per heavy atom. The quantitative estimate of drug-likeness (QED) is 0.895. The minimum atomic E-state index is 0.0362. The number of carbonyl (C=O) groups is 1. The molecule has 2 heterocycles. The molecular formula is C14H23N3OS. The molecule has 1 aromatic heterocycles. The Balaban J connectivity index is 1.86. The van der Waals surface area contributed by atoms with Crippen LogP contribution in [0.25, 0.3) is 0 Å². The minimum absolute atomic E-state index is 0.0362. The van der Waals surface area contributed by atoms with Crippen LogP contribution in [0.4, 0.5) is 5.13 Å². The van der Waals surface area contributed by atoms with Crippen LogP contribution in [-0.2, 0) is 10.2 Å². The molecule has 4 nitrogen and oxygen atoms in total. The number of hydrogen-bond donors (Lipinski definition) is 2. The number of thiazole rings is 1. The van der Waals surface area contributed by atoms with Crippen LogP contribution in [0.5, 0.6) is 0 Å². The lowest BCUT2D eigenvalue weighted by molar-refractivity contribution is -0.117. The SMILES string of the molecule is CC(C)(C)c1csc(NC(=O)CC2CCNCC2)n1. The van der Waals surface area contributed by atoms with Gasteiger partial charge >= 0.3 is 0 Å². The van der Waals surface area contributed by atoms with Crippen LogP contribution >= 0.6 is 11.3 Å². The fourth-order valence-electron chi connectivity index (χ4n) is 2.19. The molecule has 0 unspecified atom stereocenters. The second-order valence-electron chi connectivity index (χ2n) is 6.23. The molecule has 106 valence electrons. The van der Waals surface area contributed by atoms with E-state index in [1.807, 2.05) is 5.38 Å². The molecule has 1 amide bonds. The van der Waals surface area contributed by atoms with E-state index in [0.29, 0.717) is 12.3 Å². The second-order valence-corrected chi connectivity index (χ2v) is 7.09. The highest BCUT2D eigenvalue weighted by atomic mass is 32.1. The van der Waals surface area contributed by atoms with Crippen LogP contribution in [0.1, 0.15) is 45.7 Å². The van der Waals surface area contributed by atoms with E-state index in [2.05, 4.69) is 36.4 Å². The average molecular weight is 281 g/mol. The van der Waals surface area contributed by atoms with Gasteiger partial charge in [-0.1, -0.05) is 20.8 Å². The third-order valence-electron chi connectivity index (χ3n) is 3.45. The van der Waals surface area contributed by atoms with E-state index in [1.54, 1.807) is 0 Å². The van der Waals surface area contributed by atoms with Crippen LogP contribution in [0.15, 0.2) is 5.38 Å². The summed E-state index contributed by atoms with van der Waals surface area (Å²) in [5.41, 5.74) is 1.07. The summed E-state index contributed by atoms with van der Waals surface area (Å²) >= 11 is 1.51. The van der Waals surface area contributed by atoms with E-state index >= 15 is 0 Å². The maximum atomic E-state index is 12.0. The van der Waals surface area contributed by atoms with Gasteiger partial charge in [0.15, 0.2) is 5.13 Å². The number of nitrogens with zero attached hydrogens (tertiary/aromatic N) is 1. The first-order valence-corrected chi connectivity index (χ1v) is 7.79. The standard InChI is InChI=1S/C14H23N3OS/c1-14(2,3)11-9-19-13(16-11)17-12(18)8-10-4-6-15-7-5-10/h9-10,15H,4-8H2,1-3H3,(H,16,17,18). The van der Waals surface area contributed by atoms with E-state index in [1.165, 1.54) is 11.3 Å². The van der Waals surface area contributed by atoms with Crippen molar-refractivity contribution in [2.45, 2.75) is 45.4 Å². The van der Waals surface area contributed by atoms with Crippen LogP contribution in [0.2, 0.25) is 0 Å². The summed E-state index contributed by atoms with van der Waals surface area (Å²) in [5.74, 6) is 0.616. The van der Waals surface area contributed by atoms with E-state index in [4.69, 9.17) is 0 Å². The predicted octanol–water partition coefficient (Wildman–Crippen LogP) is 2.77. The molecule has 1 fully saturated rings. The molecule has 5 heteroatoms. The van der Waals surface area contributed by atoms with Gasteiger partial charge in [0.25, 0.3) is 0 Å². The van der Waals surface area contributed by atoms with E-state index < -0.39 is 0 Å². The van der Waals surface area contributed by atoms with Gasteiger partial charge in [-0.25, -0.2) is 4.98 Å². The Morgan fingerprint density at radius 2 is 2.16 bits per heavy atom. The summed E-state index contributed by atoms with van der Waals surface area (Å²) in [4.78, 5) is 16.5. The molecule has 2 N–H and O–H groups in total. The summed E-state index contributed by atoms with van der Waals surface area (Å²) in [6, 6.07) is 0. The molecule has 19 heavy (non-hydrogen) atoms. The number of anilines is 1. The first kappa shape index (κ1) is 14.5. The number of hydrogen-bond acceptors (Lipinski definition) is 4. The summed E-state index contributed by atoms with van der Waals surface area (Å²) < 4.78 is 0. The minimum Gasteiger partial charge on any atom is -0.317 e. The van der Waals surface area contributed by atoms with Crippen molar-refractivity contribution < 1.29 is 4.79 Å². The molecule has 1 aliphatic heterocycles. The van der Waals surface area contributed by atoms with Gasteiger partial charge in [-0.15, -0.1) is 11.3 Å². The highest BCUT2D eigenvalue weighted by Gasteiger charge is 2.20. The average Bonchev–Trinajstić information content (AvgIpc) is 2.78. The van der Waals surface area contributed by atoms with Gasteiger partial charge in [0.05, 0.1) is 5.69 Å². The molecule has 0 aliphatic carbocycles. The molecule has 0 aromatic carbocycles. The van der Waals surface area contributed by atoms with Gasteiger partial charge in [0, 0.05) is 17.2 Å². The smallest absolute Gasteiger partial charge is 0.226 e. The zero-order valence-corrected chi connectivity index (χ0v) is 12.8. The Labute approximate surface area is 119 Å². The second kappa shape index (κ2) is 6.01. The zero-order chi connectivity index (χ0) is 13.9. The monoisotopic (exact) mass is 281 g/mol. The number of rotatable bonds is 3. The first-order chi connectivity index (χ1) is 8.95. The Kier molecular flexibility index (Phi) is 4.58. The van der Waals surface area contributed by atoms with E-state index in [0.717, 1.165) is 36.8 Å². The molecule has 0 saturated carbocycles. The number of amides is 1. The van der Waals surface area contributed by atoms with E-state index in [9.17, 15) is 4.79 Å². The van der Waals surface area contributed by atoms with Gasteiger partial charge in [-0.2, -0.15) is 0 Å². The summed E-state index contributed by atoms with van der Waals surface area (Å²) in [5, 5.41) is 9.00. The van der Waals surface area contributed by atoms with Crippen molar-refractivity contribution in [1.29, 1.82) is 0 Å². The van der Waals surface area contributed by atoms with Crippen molar-refractivity contribution in [3.63, 3.8) is 0 Å². The maximum Gasteiger partial charge on any atom is 0.226 e. The molecule has 0 bridgehead atoms. The number of nitrogens with one attached hydrogen (secondary N) is 2. The molecule has 1 saturated heterocycles. The highest BCUT2D eigenvalue weighted by molar-refractivity contribution is 7.13. The van der Waals surface area contributed by atoms with Gasteiger partial charge < -0.3 is 10.6 Å². The highest BCUT2D eigenvalue weighted by Crippen LogP contribution is 2.26. The number of carbonyl (C=O) groups excluding carboxylic acids is 1. The largest absolute Gasteiger partial charge is 0.317 e. The fourth-order valence-corrected chi connectivity index (χ4v) is 3.15. The summed E-state index contributed by atoms with van der Waals surface area (Å²) in [6.45, 7) is 8.45. The van der Waals surface area contributed by atoms with E-state index in [-0.39, 0.29) is 11.3 Å². The van der Waals surface area contributed by atoms with Crippen molar-refractivity contribution in [3.8, 4) is 0 Å². The van der Waals surface area contributed by atoms with Crippen LogP contribution in [-0.4, -0.2) is 24.0 Å². The van der Waals surface area contributed by atoms with Crippen molar-refractivity contribution in [2.24, 2.45) is 5.92 Å². The van der Waals surface area contributed by atoms with Gasteiger partial charge in [0.1, 0.15) is 0 Å². The predicted molar refractivity (Wildman–Crippen MR) is 79.7 cm³/mol. The molecule has 0 radical (unpaired) electrons. The third kappa shape index (κ3) is 4.28. The lowest BCUT2D eigenvalue weighted by atomic mass is 9.93. The summed E-state index contributed by atoms with van der Waals surface area (Å²) in [7, 11) is 0. The molecule has 0 atom stereocenters. The topological polar surface area (TPSA) is 54.0 Å². The third-order valence-corrected chi connectivity index (χ3v) is 4.21. The molecule has 0 spiro atoms. The van der Waals surface area contributed by atoms with Crippen LogP contribution in [0, 0.1) is 5.92 Å². The van der Waals surface area contributed by atoms with Gasteiger partial charge in [0.2, 0.25) is 5.91 Å². The number of aromatic nitrogens is 1. The van der Waals surface area contributed by atoms with Crippen LogP contribution < -0.4 is 10.6 Å². The number of piperidine rings is 1. The molecule has 1 aliphatic rings. The maximum absolute atomic E-state index is 12.0. The lowest BCUT2D eigenvalue weighted by Gasteiger charge is -2.21. The Morgan fingerprint density at radius 3 is 2.74 bits per heavy atom. The van der Waals surface area contributed by atoms with Crippen molar-refractivity contribution in [1.82, 2.24) is 10.3 Å². The Hall–Kier alpha value is -0.940. The van der Waals surface area contributed by atoms with Gasteiger partial charge in [-0.3, -0.25) is 4.79 Å². The molecule has 1 aromatic rings. The van der Waals surface area contributed by atoms with Gasteiger partial charge in [-0.05, 0) is 31.8 Å². The normalized spacial score (nSPS) is 17.4. The molecular weight excluding hydrogens is 258 g/mol. The first-order valence-electron chi connectivity index (χ1n) is 6.92. The van der Waals surface area contributed by atoms with Crippen molar-refractivity contribution >= 4 is 22.4 Å². The zero-order valence-electron chi connectivity index (χ0n) is 12.0. The lowest BCUT2D eigenvalue weighted by Crippen LogP contribution is -2.30.